The molecule has 0 saturated heterocycles. The number of amides is 2. The van der Waals surface area contributed by atoms with Crippen molar-refractivity contribution in [1.82, 2.24) is 15.3 Å². The number of alkyl carbamates (subject to hydrolysis) is 1. The lowest BCUT2D eigenvalue weighted by atomic mass is 10.0. The Balaban J connectivity index is 2.21. The summed E-state index contributed by atoms with van der Waals surface area (Å²) in [6, 6.07) is 10.9. The normalized spacial score (nSPS) is 13.3. The molecular weight excluding hydrogens is 460 g/mol. The predicted molar refractivity (Wildman–Crippen MR) is 126 cm³/mol. The summed E-state index contributed by atoms with van der Waals surface area (Å²) in [5.74, 6) is -1.58. The van der Waals surface area contributed by atoms with Gasteiger partial charge in [0.05, 0.1) is 17.7 Å². The number of hydrogen-bond donors (Lipinski definition) is 3. The molecule has 0 unspecified atom stereocenters. The third-order valence-corrected chi connectivity index (χ3v) is 5.22. The Bertz CT molecular complexity index is 965. The van der Waals surface area contributed by atoms with Crippen molar-refractivity contribution in [2.45, 2.75) is 58.4 Å². The number of aliphatic hydroxyl groups is 1. The molecule has 192 valence electrons. The lowest BCUT2D eigenvalue weighted by Gasteiger charge is -2.42. The van der Waals surface area contributed by atoms with Crippen molar-refractivity contribution >= 4 is 12.2 Å². The number of likely N-dealkylation sites (N-methyl/N-ethyl adjacent to an activating group) is 1. The van der Waals surface area contributed by atoms with Crippen LogP contribution in [0, 0.1) is 11.6 Å². The zero-order valence-electron chi connectivity index (χ0n) is 20.4. The molecule has 0 spiro atoms. The number of aliphatic hydroxyl groups excluding tert-OH is 1. The van der Waals surface area contributed by atoms with E-state index in [-0.39, 0.29) is 31.7 Å². The Morgan fingerprint density at radius 1 is 1.06 bits per heavy atom. The number of carbonyl (C=O) groups is 2. The molecule has 0 bridgehead atoms. The fourth-order valence-electron chi connectivity index (χ4n) is 3.71. The smallest absolute Gasteiger partial charge is 0.422 e. The molecule has 0 aliphatic carbocycles. The van der Waals surface area contributed by atoms with Crippen LogP contribution in [0.4, 0.5) is 18.4 Å². The number of ether oxygens (including phenoxy) is 1. The highest BCUT2D eigenvalue weighted by molar-refractivity contribution is 5.68. The number of halogens is 2. The molecule has 2 atom stereocenters. The average Bonchev–Trinajstić information content (AvgIpc) is 2.75. The summed E-state index contributed by atoms with van der Waals surface area (Å²) < 4.78 is 32.7. The van der Waals surface area contributed by atoms with Gasteiger partial charge in [-0.05, 0) is 50.5 Å². The molecule has 0 saturated carbocycles. The SMILES string of the molecule is CCN(C[C@H](O)[C@H](Cc1cc(F)cc(F)c1)NC(=O)OCc1ccccc1)N(C(=O)O)C(C)(C)C. The number of benzene rings is 2. The van der Waals surface area contributed by atoms with Gasteiger partial charge in [-0.1, -0.05) is 37.3 Å². The van der Waals surface area contributed by atoms with Gasteiger partial charge in [0.25, 0.3) is 0 Å². The maximum atomic E-state index is 13.7. The summed E-state index contributed by atoms with van der Waals surface area (Å²) in [7, 11) is 0. The van der Waals surface area contributed by atoms with Crippen molar-refractivity contribution in [2.24, 2.45) is 0 Å². The van der Waals surface area contributed by atoms with Crippen molar-refractivity contribution in [3.63, 3.8) is 0 Å². The fraction of sp³-hybridized carbons (Fsp3) is 0.440. The number of carboxylic acid groups (broad SMARTS) is 1. The highest BCUT2D eigenvalue weighted by atomic mass is 19.1. The van der Waals surface area contributed by atoms with Crippen LogP contribution < -0.4 is 5.32 Å². The Labute approximate surface area is 204 Å². The first-order chi connectivity index (χ1) is 16.4. The van der Waals surface area contributed by atoms with Gasteiger partial charge in [-0.3, -0.25) is 0 Å². The first-order valence-electron chi connectivity index (χ1n) is 11.3. The molecule has 3 N–H and O–H groups in total. The number of carbonyl (C=O) groups excluding carboxylic acids is 1. The van der Waals surface area contributed by atoms with Crippen LogP contribution in [-0.2, 0) is 17.8 Å². The Morgan fingerprint density at radius 2 is 1.66 bits per heavy atom. The highest BCUT2D eigenvalue weighted by Crippen LogP contribution is 2.19. The van der Waals surface area contributed by atoms with Gasteiger partial charge in [-0.2, -0.15) is 0 Å². The van der Waals surface area contributed by atoms with Crippen molar-refractivity contribution < 1.29 is 33.3 Å². The summed E-state index contributed by atoms with van der Waals surface area (Å²) in [5.41, 5.74) is 0.167. The maximum Gasteiger partial charge on any atom is 0.422 e. The summed E-state index contributed by atoms with van der Waals surface area (Å²) in [6.07, 6.45) is -3.44. The number of nitrogens with zero attached hydrogens (tertiary/aromatic N) is 2. The van der Waals surface area contributed by atoms with Crippen molar-refractivity contribution in [3.8, 4) is 0 Å². The van der Waals surface area contributed by atoms with Crippen molar-refractivity contribution in [1.29, 1.82) is 0 Å². The van der Waals surface area contributed by atoms with Gasteiger partial charge < -0.3 is 20.3 Å². The molecule has 2 rings (SSSR count). The number of rotatable bonds is 10. The van der Waals surface area contributed by atoms with Gasteiger partial charge in [-0.25, -0.2) is 28.4 Å². The molecule has 10 heteroatoms. The van der Waals surface area contributed by atoms with Gasteiger partial charge in [0.2, 0.25) is 0 Å². The first-order valence-corrected chi connectivity index (χ1v) is 11.3. The fourth-order valence-corrected chi connectivity index (χ4v) is 3.71. The van der Waals surface area contributed by atoms with Crippen LogP contribution in [0.25, 0.3) is 0 Å². The molecule has 0 aliphatic rings. The molecule has 2 aromatic rings. The predicted octanol–water partition coefficient (Wildman–Crippen LogP) is 4.18. The molecule has 0 aliphatic heterocycles. The molecule has 0 fully saturated rings. The van der Waals surface area contributed by atoms with E-state index < -0.39 is 41.5 Å². The summed E-state index contributed by atoms with van der Waals surface area (Å²) in [5, 5.41) is 25.8. The minimum absolute atomic E-state index is 0.0119. The first kappa shape index (κ1) is 28.0. The number of hydrogen-bond acceptors (Lipinski definition) is 5. The van der Waals surface area contributed by atoms with Gasteiger partial charge in [-0.15, -0.1) is 0 Å². The van der Waals surface area contributed by atoms with E-state index in [1.165, 1.54) is 5.01 Å². The van der Waals surface area contributed by atoms with Gasteiger partial charge in [0, 0.05) is 19.2 Å². The van der Waals surface area contributed by atoms with Crippen molar-refractivity contribution in [3.05, 3.63) is 71.3 Å². The quantitative estimate of drug-likeness (QED) is 0.429. The highest BCUT2D eigenvalue weighted by Gasteiger charge is 2.34. The Kier molecular flexibility index (Phi) is 9.97. The standard InChI is InChI=1S/C25H33F2N3O5/c1-5-29(30(24(33)34)25(2,3)4)15-22(31)21(13-18-11-19(26)14-20(27)12-18)28-23(32)35-16-17-9-7-6-8-10-17/h6-12,14,21-22,31H,5,13,15-16H2,1-4H3,(H,28,32)(H,33,34)/t21-,22-/m0/s1. The van der Waals surface area contributed by atoms with E-state index >= 15 is 0 Å². The molecular formula is C25H33F2N3O5. The zero-order chi connectivity index (χ0) is 26.2. The van der Waals surface area contributed by atoms with E-state index in [1.807, 2.05) is 6.07 Å². The van der Waals surface area contributed by atoms with E-state index in [1.54, 1.807) is 52.0 Å². The monoisotopic (exact) mass is 493 g/mol. The van der Waals surface area contributed by atoms with E-state index in [2.05, 4.69) is 5.32 Å². The second-order valence-electron chi connectivity index (χ2n) is 9.13. The molecule has 0 aromatic heterocycles. The van der Waals surface area contributed by atoms with Crippen LogP contribution >= 0.6 is 0 Å². The lowest BCUT2D eigenvalue weighted by molar-refractivity contribution is -0.0854. The minimum Gasteiger partial charge on any atom is -0.464 e. The van der Waals surface area contributed by atoms with Crippen LogP contribution in [0.1, 0.15) is 38.8 Å². The summed E-state index contributed by atoms with van der Waals surface area (Å²) in [4.78, 5) is 24.4. The second kappa shape index (κ2) is 12.5. The molecule has 35 heavy (non-hydrogen) atoms. The van der Waals surface area contributed by atoms with Gasteiger partial charge >= 0.3 is 12.2 Å². The summed E-state index contributed by atoms with van der Waals surface area (Å²) >= 11 is 0. The molecule has 8 nitrogen and oxygen atoms in total. The largest absolute Gasteiger partial charge is 0.464 e. The summed E-state index contributed by atoms with van der Waals surface area (Å²) in [6.45, 7) is 6.93. The Morgan fingerprint density at radius 3 is 2.17 bits per heavy atom. The van der Waals surface area contributed by atoms with Crippen LogP contribution in [-0.4, -0.2) is 63.2 Å². The maximum absolute atomic E-state index is 13.7. The third-order valence-electron chi connectivity index (χ3n) is 5.22. The van der Waals surface area contributed by atoms with Gasteiger partial charge in [0.1, 0.15) is 18.2 Å². The lowest BCUT2D eigenvalue weighted by Crippen LogP contribution is -2.59. The van der Waals surface area contributed by atoms with Crippen LogP contribution in [0.2, 0.25) is 0 Å². The van der Waals surface area contributed by atoms with Crippen molar-refractivity contribution in [2.75, 3.05) is 13.1 Å². The van der Waals surface area contributed by atoms with E-state index in [0.717, 1.165) is 28.8 Å². The molecule has 2 amide bonds. The molecule has 2 aromatic carbocycles. The topological polar surface area (TPSA) is 102 Å². The number of nitrogens with one attached hydrogen (secondary N) is 1. The Hall–Kier alpha value is -3.24. The van der Waals surface area contributed by atoms with E-state index in [4.69, 9.17) is 4.74 Å². The second-order valence-corrected chi connectivity index (χ2v) is 9.13. The average molecular weight is 494 g/mol. The van der Waals surface area contributed by atoms with E-state index in [9.17, 15) is 28.6 Å². The molecule has 0 radical (unpaired) electrons. The van der Waals surface area contributed by atoms with Crippen LogP contribution in [0.15, 0.2) is 48.5 Å². The van der Waals surface area contributed by atoms with Gasteiger partial charge in [0.15, 0.2) is 0 Å². The number of hydrazine groups is 1. The molecule has 0 heterocycles. The minimum atomic E-state index is -1.30. The zero-order valence-corrected chi connectivity index (χ0v) is 20.4. The van der Waals surface area contributed by atoms with Crippen LogP contribution in [0.3, 0.4) is 0 Å². The van der Waals surface area contributed by atoms with E-state index in [0.29, 0.717) is 0 Å². The third kappa shape index (κ3) is 8.80. The van der Waals surface area contributed by atoms with Crippen LogP contribution in [0.5, 0.6) is 0 Å².